The first kappa shape index (κ1) is 12.5. The number of carbonyl (C=O) groups excluding carboxylic acids is 1. The van der Waals surface area contributed by atoms with Crippen LogP contribution in [0, 0.1) is 5.92 Å². The molecule has 0 spiro atoms. The van der Waals surface area contributed by atoms with E-state index in [1.54, 1.807) is 4.90 Å². The molecule has 1 amide bonds. The topological polar surface area (TPSA) is 66.6 Å². The Kier molecular flexibility index (Phi) is 3.73. The molecule has 0 aromatic carbocycles. The number of nitrogens with two attached hydrogens (primary N) is 1. The molecule has 0 bridgehead atoms. The van der Waals surface area contributed by atoms with Gasteiger partial charge in [0.15, 0.2) is 0 Å². The molecule has 1 fully saturated rings. The zero-order valence-corrected chi connectivity index (χ0v) is 9.86. The molecule has 1 aliphatic heterocycles. The molecule has 0 saturated carbocycles. The van der Waals surface area contributed by atoms with Crippen LogP contribution < -0.4 is 5.73 Å². The van der Waals surface area contributed by atoms with Crippen molar-refractivity contribution in [1.82, 2.24) is 4.90 Å². The quantitative estimate of drug-likeness (QED) is 0.709. The third-order valence-corrected chi connectivity index (χ3v) is 3.48. The van der Waals surface area contributed by atoms with Gasteiger partial charge in [0.05, 0.1) is 24.7 Å². The van der Waals surface area contributed by atoms with Gasteiger partial charge in [0.25, 0.3) is 0 Å². The van der Waals surface area contributed by atoms with Crippen molar-refractivity contribution in [3.05, 3.63) is 0 Å². The number of carbonyl (C=O) groups is 1. The molecule has 1 heterocycles. The van der Waals surface area contributed by atoms with Crippen molar-refractivity contribution < 1.29 is 9.90 Å². The maximum atomic E-state index is 11.8. The second-order valence-electron chi connectivity index (χ2n) is 4.68. The standard InChI is InChI=1S/C11H22N2O2/c1-4-8(3)9(12)10(14)13-6-11(15,5-2)7-13/h8-9,15H,4-7,12H2,1-3H3/t8-,9-/m0/s1. The van der Waals surface area contributed by atoms with Crippen LogP contribution in [0.15, 0.2) is 0 Å². The van der Waals surface area contributed by atoms with Crippen molar-refractivity contribution in [2.24, 2.45) is 11.7 Å². The maximum Gasteiger partial charge on any atom is 0.239 e. The number of β-amino-alcohol motifs (C(OH)–C–C–N with tert-alkyl or cyclic N) is 1. The van der Waals surface area contributed by atoms with E-state index < -0.39 is 11.6 Å². The lowest BCUT2D eigenvalue weighted by Gasteiger charge is -2.47. The Bertz CT molecular complexity index is 237. The van der Waals surface area contributed by atoms with Gasteiger partial charge in [0, 0.05) is 0 Å². The summed E-state index contributed by atoms with van der Waals surface area (Å²) in [4.78, 5) is 13.5. The molecule has 88 valence electrons. The van der Waals surface area contributed by atoms with Crippen molar-refractivity contribution in [2.75, 3.05) is 13.1 Å². The summed E-state index contributed by atoms with van der Waals surface area (Å²) in [6.07, 6.45) is 1.59. The van der Waals surface area contributed by atoms with Crippen LogP contribution in [0.5, 0.6) is 0 Å². The Hall–Kier alpha value is -0.610. The lowest BCUT2D eigenvalue weighted by molar-refractivity contribution is -0.158. The predicted octanol–water partition coefficient (Wildman–Crippen LogP) is 0.343. The number of likely N-dealkylation sites (tertiary alicyclic amines) is 1. The van der Waals surface area contributed by atoms with Gasteiger partial charge in [0.2, 0.25) is 5.91 Å². The zero-order valence-electron chi connectivity index (χ0n) is 9.86. The van der Waals surface area contributed by atoms with Crippen LogP contribution in [-0.4, -0.2) is 40.6 Å². The van der Waals surface area contributed by atoms with Gasteiger partial charge >= 0.3 is 0 Å². The predicted molar refractivity (Wildman–Crippen MR) is 59.3 cm³/mol. The Morgan fingerprint density at radius 2 is 2.07 bits per heavy atom. The highest BCUT2D eigenvalue weighted by molar-refractivity contribution is 5.83. The van der Waals surface area contributed by atoms with E-state index in [0.29, 0.717) is 19.5 Å². The van der Waals surface area contributed by atoms with Crippen LogP contribution in [0.3, 0.4) is 0 Å². The lowest BCUT2D eigenvalue weighted by atomic mass is 9.89. The van der Waals surface area contributed by atoms with Crippen LogP contribution in [0.4, 0.5) is 0 Å². The molecule has 1 rings (SSSR count). The first-order valence-corrected chi connectivity index (χ1v) is 5.70. The molecule has 4 nitrogen and oxygen atoms in total. The molecule has 0 unspecified atom stereocenters. The summed E-state index contributed by atoms with van der Waals surface area (Å²) in [5.41, 5.74) is 5.18. The van der Waals surface area contributed by atoms with Crippen molar-refractivity contribution >= 4 is 5.91 Å². The van der Waals surface area contributed by atoms with Crippen molar-refractivity contribution in [2.45, 2.75) is 45.3 Å². The minimum atomic E-state index is -0.662. The number of rotatable bonds is 4. The molecular weight excluding hydrogens is 192 g/mol. The summed E-state index contributed by atoms with van der Waals surface area (Å²) in [5, 5.41) is 9.78. The SMILES string of the molecule is CC[C@H](C)[C@H](N)C(=O)N1CC(O)(CC)C1. The van der Waals surface area contributed by atoms with Crippen LogP contribution in [0.1, 0.15) is 33.6 Å². The molecule has 0 radical (unpaired) electrons. The summed E-state index contributed by atoms with van der Waals surface area (Å²) in [5.74, 6) is 0.176. The average molecular weight is 214 g/mol. The van der Waals surface area contributed by atoms with Crippen molar-refractivity contribution in [3.63, 3.8) is 0 Å². The van der Waals surface area contributed by atoms with E-state index in [0.717, 1.165) is 6.42 Å². The van der Waals surface area contributed by atoms with Gasteiger partial charge in [-0.1, -0.05) is 27.2 Å². The molecule has 15 heavy (non-hydrogen) atoms. The van der Waals surface area contributed by atoms with Crippen LogP contribution in [-0.2, 0) is 4.79 Å². The second kappa shape index (κ2) is 4.49. The molecule has 1 aliphatic rings. The van der Waals surface area contributed by atoms with Gasteiger partial charge in [-0.15, -0.1) is 0 Å². The molecule has 0 aliphatic carbocycles. The highest BCUT2D eigenvalue weighted by atomic mass is 16.3. The normalized spacial score (nSPS) is 23.1. The molecule has 3 N–H and O–H groups in total. The highest BCUT2D eigenvalue weighted by Gasteiger charge is 2.43. The molecule has 0 aromatic heterocycles. The fourth-order valence-corrected chi connectivity index (χ4v) is 1.75. The molecule has 4 heteroatoms. The van der Waals surface area contributed by atoms with Crippen molar-refractivity contribution in [3.8, 4) is 0 Å². The third kappa shape index (κ3) is 2.49. The number of hydrogen-bond donors (Lipinski definition) is 2. The number of aliphatic hydroxyl groups is 1. The molecular formula is C11H22N2O2. The summed E-state index contributed by atoms with van der Waals surface area (Å²) in [7, 11) is 0. The number of nitrogens with zero attached hydrogens (tertiary/aromatic N) is 1. The summed E-state index contributed by atoms with van der Waals surface area (Å²) >= 11 is 0. The van der Waals surface area contributed by atoms with E-state index in [-0.39, 0.29) is 11.8 Å². The monoisotopic (exact) mass is 214 g/mol. The van der Waals surface area contributed by atoms with E-state index in [4.69, 9.17) is 5.73 Å². The van der Waals surface area contributed by atoms with E-state index in [1.165, 1.54) is 0 Å². The average Bonchev–Trinajstić information content (AvgIpc) is 2.21. The van der Waals surface area contributed by atoms with E-state index in [2.05, 4.69) is 0 Å². The number of amides is 1. The van der Waals surface area contributed by atoms with Gasteiger partial charge in [0.1, 0.15) is 0 Å². The van der Waals surface area contributed by atoms with Crippen LogP contribution in [0.2, 0.25) is 0 Å². The Morgan fingerprint density at radius 3 is 2.47 bits per heavy atom. The highest BCUT2D eigenvalue weighted by Crippen LogP contribution is 2.25. The molecule has 0 aromatic rings. The van der Waals surface area contributed by atoms with E-state index >= 15 is 0 Å². The Labute approximate surface area is 91.4 Å². The molecule has 2 atom stereocenters. The second-order valence-corrected chi connectivity index (χ2v) is 4.68. The zero-order chi connectivity index (χ0) is 11.6. The van der Waals surface area contributed by atoms with Crippen LogP contribution in [0.25, 0.3) is 0 Å². The summed E-state index contributed by atoms with van der Waals surface area (Å²) in [6, 6.07) is -0.420. The van der Waals surface area contributed by atoms with Crippen molar-refractivity contribution in [1.29, 1.82) is 0 Å². The largest absolute Gasteiger partial charge is 0.386 e. The van der Waals surface area contributed by atoms with Gasteiger partial charge < -0.3 is 15.7 Å². The first-order chi connectivity index (χ1) is 6.93. The Balaban J connectivity index is 2.44. The van der Waals surface area contributed by atoms with E-state index in [1.807, 2.05) is 20.8 Å². The van der Waals surface area contributed by atoms with Gasteiger partial charge in [-0.2, -0.15) is 0 Å². The van der Waals surface area contributed by atoms with Gasteiger partial charge in [-0.3, -0.25) is 4.79 Å². The van der Waals surface area contributed by atoms with Gasteiger partial charge in [-0.05, 0) is 12.3 Å². The minimum Gasteiger partial charge on any atom is -0.386 e. The maximum absolute atomic E-state index is 11.8. The number of hydrogen-bond acceptors (Lipinski definition) is 3. The summed E-state index contributed by atoms with van der Waals surface area (Å²) in [6.45, 7) is 6.81. The fraction of sp³-hybridized carbons (Fsp3) is 0.909. The first-order valence-electron chi connectivity index (χ1n) is 5.70. The minimum absolute atomic E-state index is 0.0255. The van der Waals surface area contributed by atoms with Crippen LogP contribution >= 0.6 is 0 Å². The Morgan fingerprint density at radius 1 is 1.53 bits per heavy atom. The fourth-order valence-electron chi connectivity index (χ4n) is 1.75. The molecule has 1 saturated heterocycles. The smallest absolute Gasteiger partial charge is 0.239 e. The third-order valence-electron chi connectivity index (χ3n) is 3.48. The van der Waals surface area contributed by atoms with E-state index in [9.17, 15) is 9.90 Å². The summed E-state index contributed by atoms with van der Waals surface area (Å²) < 4.78 is 0. The van der Waals surface area contributed by atoms with Gasteiger partial charge in [-0.25, -0.2) is 0 Å². The lowest BCUT2D eigenvalue weighted by Crippen LogP contribution is -2.66.